The molecule has 0 aromatic heterocycles. The van der Waals surface area contributed by atoms with Gasteiger partial charge in [-0.1, -0.05) is 24.3 Å². The van der Waals surface area contributed by atoms with E-state index in [9.17, 15) is 15.0 Å². The van der Waals surface area contributed by atoms with Crippen molar-refractivity contribution in [3.63, 3.8) is 0 Å². The highest BCUT2D eigenvalue weighted by Crippen LogP contribution is 2.35. The molecule has 0 radical (unpaired) electrons. The van der Waals surface area contributed by atoms with Crippen LogP contribution in [0, 0.1) is 0 Å². The number of hydrogen-bond acceptors (Lipinski definition) is 6. The predicted molar refractivity (Wildman–Crippen MR) is 108 cm³/mol. The first-order valence-electron chi connectivity index (χ1n) is 9.98. The largest absolute Gasteiger partial charge is 0.486 e. The first-order chi connectivity index (χ1) is 14.2. The standard InChI is InChI=1S/C22H26N2O5/c25-15-24(17-6-2-1-3-7-17)20(22(27)23-10-4-5-11-23)21(26)16-8-9-18-19(14-16)29-13-12-28-18/h1-3,6-9,14,20-21,25-26H,4-5,10-13,15H2/t20-,21+/m0/s1. The molecule has 2 aliphatic rings. The number of amides is 1. The Morgan fingerprint density at radius 1 is 1.03 bits per heavy atom. The smallest absolute Gasteiger partial charge is 0.248 e. The quantitative estimate of drug-likeness (QED) is 0.724. The third-order valence-corrected chi connectivity index (χ3v) is 5.45. The molecule has 0 bridgehead atoms. The van der Waals surface area contributed by atoms with Crippen LogP contribution in [0.25, 0.3) is 0 Å². The Labute approximate surface area is 170 Å². The van der Waals surface area contributed by atoms with Crippen molar-refractivity contribution < 1.29 is 24.5 Å². The predicted octanol–water partition coefficient (Wildman–Crippen LogP) is 1.94. The lowest BCUT2D eigenvalue weighted by Gasteiger charge is -2.36. The summed E-state index contributed by atoms with van der Waals surface area (Å²) in [5.41, 5.74) is 1.21. The van der Waals surface area contributed by atoms with Crippen molar-refractivity contribution in [3.05, 3.63) is 54.1 Å². The molecule has 2 atom stereocenters. The van der Waals surface area contributed by atoms with E-state index < -0.39 is 18.9 Å². The van der Waals surface area contributed by atoms with Gasteiger partial charge in [-0.15, -0.1) is 0 Å². The Morgan fingerprint density at radius 3 is 2.41 bits per heavy atom. The number of ether oxygens (including phenoxy) is 2. The number of aliphatic hydroxyl groups excluding tert-OH is 2. The van der Waals surface area contributed by atoms with Crippen LogP contribution in [0.5, 0.6) is 11.5 Å². The molecule has 0 spiro atoms. The molecular formula is C22H26N2O5. The zero-order valence-corrected chi connectivity index (χ0v) is 16.2. The average molecular weight is 398 g/mol. The van der Waals surface area contributed by atoms with E-state index in [0.29, 0.717) is 49.1 Å². The lowest BCUT2D eigenvalue weighted by molar-refractivity contribution is -0.134. The van der Waals surface area contributed by atoms with Crippen LogP contribution < -0.4 is 14.4 Å². The monoisotopic (exact) mass is 398 g/mol. The van der Waals surface area contributed by atoms with E-state index in [2.05, 4.69) is 0 Å². The van der Waals surface area contributed by atoms with Crippen molar-refractivity contribution in [2.45, 2.75) is 25.0 Å². The minimum Gasteiger partial charge on any atom is -0.486 e. The third-order valence-electron chi connectivity index (χ3n) is 5.45. The minimum absolute atomic E-state index is 0.192. The zero-order valence-electron chi connectivity index (χ0n) is 16.2. The fraction of sp³-hybridized carbons (Fsp3) is 0.409. The van der Waals surface area contributed by atoms with E-state index in [1.807, 2.05) is 30.3 Å². The van der Waals surface area contributed by atoms with E-state index in [-0.39, 0.29) is 5.91 Å². The molecule has 2 heterocycles. The molecule has 2 aromatic rings. The number of anilines is 1. The van der Waals surface area contributed by atoms with E-state index in [4.69, 9.17) is 9.47 Å². The SMILES string of the molecule is O=C([C@H]([C@H](O)c1ccc2c(c1)OCCO2)N(CO)c1ccccc1)N1CCCC1. The number of para-hydroxylation sites is 1. The van der Waals surface area contributed by atoms with E-state index in [1.165, 1.54) is 0 Å². The molecule has 0 unspecified atom stereocenters. The first-order valence-corrected chi connectivity index (χ1v) is 9.98. The number of likely N-dealkylation sites (tertiary alicyclic amines) is 1. The molecule has 154 valence electrons. The van der Waals surface area contributed by atoms with Crippen LogP contribution >= 0.6 is 0 Å². The van der Waals surface area contributed by atoms with Crippen molar-refractivity contribution >= 4 is 11.6 Å². The van der Waals surface area contributed by atoms with E-state index in [0.717, 1.165) is 12.8 Å². The van der Waals surface area contributed by atoms with Crippen molar-refractivity contribution in [2.75, 3.05) is 37.9 Å². The molecular weight excluding hydrogens is 372 g/mol. The molecule has 2 aromatic carbocycles. The lowest BCUT2D eigenvalue weighted by atomic mass is 9.98. The Balaban J connectivity index is 1.69. The summed E-state index contributed by atoms with van der Waals surface area (Å²) in [6.07, 6.45) is 0.748. The van der Waals surface area contributed by atoms with Crippen molar-refractivity contribution in [3.8, 4) is 11.5 Å². The first kappa shape index (κ1) is 19.5. The average Bonchev–Trinajstić information content (AvgIpc) is 3.32. The van der Waals surface area contributed by atoms with Gasteiger partial charge in [0.05, 0.1) is 0 Å². The van der Waals surface area contributed by atoms with Gasteiger partial charge in [-0.2, -0.15) is 0 Å². The van der Waals surface area contributed by atoms with Gasteiger partial charge in [0.1, 0.15) is 32.1 Å². The van der Waals surface area contributed by atoms with Crippen molar-refractivity contribution in [2.24, 2.45) is 0 Å². The number of fused-ring (bicyclic) bond motifs is 1. The number of aliphatic hydroxyl groups is 2. The summed E-state index contributed by atoms with van der Waals surface area (Å²) in [4.78, 5) is 16.7. The lowest BCUT2D eigenvalue weighted by Crippen LogP contribution is -2.51. The fourth-order valence-electron chi connectivity index (χ4n) is 3.94. The van der Waals surface area contributed by atoms with Crippen LogP contribution in [0.15, 0.2) is 48.5 Å². The van der Waals surface area contributed by atoms with Crippen molar-refractivity contribution in [1.29, 1.82) is 0 Å². The maximum atomic E-state index is 13.4. The molecule has 1 fully saturated rings. The summed E-state index contributed by atoms with van der Waals surface area (Å²) < 4.78 is 11.2. The highest BCUT2D eigenvalue weighted by molar-refractivity contribution is 5.86. The molecule has 4 rings (SSSR count). The molecule has 2 aliphatic heterocycles. The van der Waals surface area contributed by atoms with Crippen molar-refractivity contribution in [1.82, 2.24) is 4.90 Å². The molecule has 7 nitrogen and oxygen atoms in total. The van der Waals surface area contributed by atoms with Gasteiger partial charge in [-0.25, -0.2) is 0 Å². The summed E-state index contributed by atoms with van der Waals surface area (Å²) in [5, 5.41) is 21.4. The molecule has 1 saturated heterocycles. The number of hydrogen-bond donors (Lipinski definition) is 2. The van der Waals surface area contributed by atoms with E-state index >= 15 is 0 Å². The van der Waals surface area contributed by atoms with Crippen LogP contribution in [0.2, 0.25) is 0 Å². The number of rotatable bonds is 6. The van der Waals surface area contributed by atoms with Gasteiger partial charge in [0.15, 0.2) is 11.5 Å². The van der Waals surface area contributed by atoms with Gasteiger partial charge >= 0.3 is 0 Å². The van der Waals surface area contributed by atoms with Gasteiger partial charge in [0.25, 0.3) is 0 Å². The number of carbonyl (C=O) groups excluding carboxylic acids is 1. The van der Waals surface area contributed by atoms with Gasteiger partial charge in [0.2, 0.25) is 5.91 Å². The number of nitrogens with zero attached hydrogens (tertiary/aromatic N) is 2. The maximum absolute atomic E-state index is 13.4. The molecule has 2 N–H and O–H groups in total. The van der Waals surface area contributed by atoms with Crippen LogP contribution in [-0.4, -0.2) is 60.1 Å². The summed E-state index contributed by atoms with van der Waals surface area (Å²) in [6.45, 7) is 1.86. The van der Waals surface area contributed by atoms with Crippen LogP contribution in [0.3, 0.4) is 0 Å². The Morgan fingerprint density at radius 2 is 1.72 bits per heavy atom. The van der Waals surface area contributed by atoms with Crippen LogP contribution in [0.4, 0.5) is 5.69 Å². The fourth-order valence-corrected chi connectivity index (χ4v) is 3.94. The normalized spacial score (nSPS) is 17.7. The second-order valence-electron chi connectivity index (χ2n) is 7.27. The summed E-state index contributed by atoms with van der Waals surface area (Å²) >= 11 is 0. The highest BCUT2D eigenvalue weighted by Gasteiger charge is 2.38. The van der Waals surface area contributed by atoms with Crippen LogP contribution in [-0.2, 0) is 4.79 Å². The summed E-state index contributed by atoms with van der Waals surface area (Å²) in [5.74, 6) is 0.981. The maximum Gasteiger partial charge on any atom is 0.248 e. The third kappa shape index (κ3) is 4.02. The van der Waals surface area contributed by atoms with Gasteiger partial charge < -0.3 is 29.5 Å². The zero-order chi connectivity index (χ0) is 20.2. The summed E-state index contributed by atoms with van der Waals surface area (Å²) in [6, 6.07) is 13.4. The number of benzene rings is 2. The minimum atomic E-state index is -1.15. The van der Waals surface area contributed by atoms with Gasteiger partial charge in [-0.3, -0.25) is 4.79 Å². The summed E-state index contributed by atoms with van der Waals surface area (Å²) in [7, 11) is 0. The molecule has 0 saturated carbocycles. The van der Waals surface area contributed by atoms with Crippen LogP contribution in [0.1, 0.15) is 24.5 Å². The molecule has 1 amide bonds. The number of carbonyl (C=O) groups is 1. The van der Waals surface area contributed by atoms with Gasteiger partial charge in [0, 0.05) is 18.8 Å². The highest BCUT2D eigenvalue weighted by atomic mass is 16.6. The Bertz CT molecular complexity index is 838. The Kier molecular flexibility index (Phi) is 5.87. The second kappa shape index (κ2) is 8.71. The molecule has 29 heavy (non-hydrogen) atoms. The van der Waals surface area contributed by atoms with E-state index in [1.54, 1.807) is 28.0 Å². The molecule has 0 aliphatic carbocycles. The topological polar surface area (TPSA) is 82.5 Å². The second-order valence-corrected chi connectivity index (χ2v) is 7.27. The Hall–Kier alpha value is -2.77. The van der Waals surface area contributed by atoms with Gasteiger partial charge in [-0.05, 0) is 42.7 Å². The molecule has 7 heteroatoms.